The van der Waals surface area contributed by atoms with Crippen molar-refractivity contribution in [1.82, 2.24) is 0 Å². The zero-order valence-corrected chi connectivity index (χ0v) is 13.7. The molecule has 26 heavy (non-hydrogen) atoms. The third kappa shape index (κ3) is 4.18. The SMILES string of the molecule is O=C(O)c1cc[n+](C=c2ccc(=C[n+]3ccc(C(=O)O)cc3)cc2)cc1. The van der Waals surface area contributed by atoms with E-state index in [1.807, 2.05) is 36.7 Å². The van der Waals surface area contributed by atoms with Gasteiger partial charge in [0.2, 0.25) is 0 Å². The smallest absolute Gasteiger partial charge is 0.336 e. The summed E-state index contributed by atoms with van der Waals surface area (Å²) in [4.78, 5) is 21.7. The second-order valence-corrected chi connectivity index (χ2v) is 5.60. The third-order valence-corrected chi connectivity index (χ3v) is 3.73. The number of hydrogen-bond donors (Lipinski definition) is 2. The summed E-state index contributed by atoms with van der Waals surface area (Å²) in [5.41, 5.74) is 0.482. The Labute approximate surface area is 148 Å². The van der Waals surface area contributed by atoms with Gasteiger partial charge in [0, 0.05) is 34.7 Å². The predicted molar refractivity (Wildman–Crippen MR) is 92.6 cm³/mol. The average molecular weight is 348 g/mol. The average Bonchev–Trinajstić information content (AvgIpc) is 2.64. The van der Waals surface area contributed by atoms with Crippen molar-refractivity contribution in [1.29, 1.82) is 0 Å². The predicted octanol–water partition coefficient (Wildman–Crippen LogP) is 0.231. The highest BCUT2D eigenvalue weighted by Gasteiger charge is 2.05. The van der Waals surface area contributed by atoms with Crippen LogP contribution in [0.15, 0.2) is 73.3 Å². The van der Waals surface area contributed by atoms with Crippen LogP contribution < -0.4 is 19.6 Å². The van der Waals surface area contributed by atoms with E-state index in [-0.39, 0.29) is 11.1 Å². The summed E-state index contributed by atoms with van der Waals surface area (Å²) < 4.78 is 3.56. The van der Waals surface area contributed by atoms with Crippen LogP contribution in [0.1, 0.15) is 20.7 Å². The molecule has 0 bridgehead atoms. The molecule has 6 heteroatoms. The van der Waals surface area contributed by atoms with Crippen LogP contribution in [0, 0.1) is 0 Å². The van der Waals surface area contributed by atoms with Gasteiger partial charge in [-0.1, -0.05) is 0 Å². The minimum atomic E-state index is -0.953. The molecule has 2 heterocycles. The van der Waals surface area contributed by atoms with Crippen LogP contribution in [0.25, 0.3) is 12.4 Å². The van der Waals surface area contributed by atoms with Crippen LogP contribution in [0.5, 0.6) is 0 Å². The first-order valence-electron chi connectivity index (χ1n) is 7.79. The van der Waals surface area contributed by atoms with Gasteiger partial charge >= 0.3 is 11.9 Å². The highest BCUT2D eigenvalue weighted by Crippen LogP contribution is 1.94. The zero-order chi connectivity index (χ0) is 18.5. The summed E-state index contributed by atoms with van der Waals surface area (Å²) in [5, 5.41) is 19.7. The number of hydrogen-bond acceptors (Lipinski definition) is 2. The molecule has 3 rings (SSSR count). The molecular weight excluding hydrogens is 332 g/mol. The van der Waals surface area contributed by atoms with Crippen LogP contribution in [-0.2, 0) is 0 Å². The van der Waals surface area contributed by atoms with Gasteiger partial charge in [0.15, 0.2) is 37.2 Å². The van der Waals surface area contributed by atoms with Crippen molar-refractivity contribution in [3.8, 4) is 0 Å². The van der Waals surface area contributed by atoms with Gasteiger partial charge in [0.25, 0.3) is 0 Å². The summed E-state index contributed by atoms with van der Waals surface area (Å²) in [6, 6.07) is 13.9. The lowest BCUT2D eigenvalue weighted by molar-refractivity contribution is -0.569. The summed E-state index contributed by atoms with van der Waals surface area (Å²) in [5.74, 6) is -1.91. The summed E-state index contributed by atoms with van der Waals surface area (Å²) >= 11 is 0. The van der Waals surface area contributed by atoms with Crippen molar-refractivity contribution < 1.29 is 28.9 Å². The van der Waals surface area contributed by atoms with Gasteiger partial charge in [0.1, 0.15) is 0 Å². The Bertz CT molecular complexity index is 960. The number of nitrogens with zero attached hydrogens (tertiary/aromatic N) is 2. The molecule has 2 N–H and O–H groups in total. The van der Waals surface area contributed by atoms with Crippen molar-refractivity contribution in [2.75, 3.05) is 0 Å². The lowest BCUT2D eigenvalue weighted by Crippen LogP contribution is -2.31. The van der Waals surface area contributed by atoms with Crippen LogP contribution in [0.2, 0.25) is 0 Å². The summed E-state index contributed by atoms with van der Waals surface area (Å²) in [6.07, 6.45) is 10.5. The fourth-order valence-corrected chi connectivity index (χ4v) is 2.35. The Morgan fingerprint density at radius 2 is 0.923 bits per heavy atom. The molecule has 3 aromatic rings. The minimum Gasteiger partial charge on any atom is -0.478 e. The molecule has 6 nitrogen and oxygen atoms in total. The number of carboxylic acids is 2. The minimum absolute atomic E-state index is 0.241. The maximum absolute atomic E-state index is 10.9. The molecule has 0 fully saturated rings. The van der Waals surface area contributed by atoms with E-state index in [0.29, 0.717) is 0 Å². The zero-order valence-electron chi connectivity index (χ0n) is 13.7. The van der Waals surface area contributed by atoms with Gasteiger partial charge in [-0.3, -0.25) is 0 Å². The normalized spacial score (nSPS) is 10.2. The van der Waals surface area contributed by atoms with Crippen molar-refractivity contribution in [3.63, 3.8) is 0 Å². The molecule has 0 aliphatic carbocycles. The fourth-order valence-electron chi connectivity index (χ4n) is 2.35. The largest absolute Gasteiger partial charge is 0.478 e. The van der Waals surface area contributed by atoms with Gasteiger partial charge in [-0.2, -0.15) is 9.13 Å². The molecule has 0 spiro atoms. The molecule has 0 saturated carbocycles. The first-order valence-corrected chi connectivity index (χ1v) is 7.79. The van der Waals surface area contributed by atoms with Crippen molar-refractivity contribution in [2.24, 2.45) is 0 Å². The van der Waals surface area contributed by atoms with Crippen molar-refractivity contribution >= 4 is 24.3 Å². The number of carbonyl (C=O) groups is 2. The Balaban J connectivity index is 1.83. The molecule has 2 aromatic heterocycles. The van der Waals surface area contributed by atoms with Crippen LogP contribution in [0.3, 0.4) is 0 Å². The molecule has 0 saturated heterocycles. The second kappa shape index (κ2) is 7.40. The van der Waals surface area contributed by atoms with Gasteiger partial charge in [0.05, 0.1) is 11.1 Å². The maximum Gasteiger partial charge on any atom is 0.336 e. The van der Waals surface area contributed by atoms with E-state index in [4.69, 9.17) is 10.2 Å². The number of rotatable bonds is 4. The molecular formula is C20H16N2O4+2. The summed E-state index contributed by atoms with van der Waals surface area (Å²) in [6.45, 7) is 0. The second-order valence-electron chi connectivity index (χ2n) is 5.60. The number of aromatic carboxylic acids is 2. The van der Waals surface area contributed by atoms with Crippen LogP contribution in [-0.4, -0.2) is 22.2 Å². The first kappa shape index (κ1) is 17.0. The molecule has 0 unspecified atom stereocenters. The highest BCUT2D eigenvalue weighted by atomic mass is 16.4. The topological polar surface area (TPSA) is 82.4 Å². The Kier molecular flexibility index (Phi) is 4.85. The van der Waals surface area contributed by atoms with E-state index in [9.17, 15) is 9.59 Å². The number of pyridine rings is 2. The molecule has 0 aliphatic heterocycles. The van der Waals surface area contributed by atoms with E-state index in [2.05, 4.69) is 0 Å². The lowest BCUT2D eigenvalue weighted by atomic mass is 10.2. The van der Waals surface area contributed by atoms with E-state index < -0.39 is 11.9 Å². The first-order chi connectivity index (χ1) is 12.5. The van der Waals surface area contributed by atoms with E-state index in [1.165, 1.54) is 0 Å². The quantitative estimate of drug-likeness (QED) is 0.662. The molecule has 0 radical (unpaired) electrons. The molecule has 1 aromatic carbocycles. The summed E-state index contributed by atoms with van der Waals surface area (Å²) in [7, 11) is 0. The number of aromatic nitrogens is 2. The van der Waals surface area contributed by atoms with Crippen LogP contribution in [0.4, 0.5) is 0 Å². The van der Waals surface area contributed by atoms with Gasteiger partial charge in [-0.15, -0.1) is 0 Å². The van der Waals surface area contributed by atoms with Gasteiger partial charge in [-0.25, -0.2) is 9.59 Å². The third-order valence-electron chi connectivity index (χ3n) is 3.73. The van der Waals surface area contributed by atoms with Gasteiger partial charge in [-0.05, 0) is 24.3 Å². The molecule has 0 atom stereocenters. The Hall–Kier alpha value is -3.80. The van der Waals surface area contributed by atoms with E-state index >= 15 is 0 Å². The Morgan fingerprint density at radius 3 is 1.19 bits per heavy atom. The molecule has 0 amide bonds. The van der Waals surface area contributed by atoms with Crippen molar-refractivity contribution in [3.05, 3.63) is 94.9 Å². The number of carboxylic acid groups (broad SMARTS) is 2. The van der Waals surface area contributed by atoms with E-state index in [0.717, 1.165) is 10.4 Å². The number of benzene rings is 1. The Morgan fingerprint density at radius 1 is 0.615 bits per heavy atom. The monoisotopic (exact) mass is 348 g/mol. The van der Waals surface area contributed by atoms with Crippen LogP contribution >= 0.6 is 0 Å². The van der Waals surface area contributed by atoms with Crippen molar-refractivity contribution in [2.45, 2.75) is 0 Å². The van der Waals surface area contributed by atoms with E-state index in [1.54, 1.807) is 58.2 Å². The standard InChI is InChI=1S/C20H14N2O4/c23-19(24)17-5-9-21(10-6-17)13-15-1-2-16(4-3-15)14-22-11-7-18(8-12-22)20(25)26/h1-14H/p+2. The lowest BCUT2D eigenvalue weighted by Gasteiger charge is -1.92. The van der Waals surface area contributed by atoms with Gasteiger partial charge < -0.3 is 10.2 Å². The molecule has 0 aliphatic rings. The molecule has 128 valence electrons. The fraction of sp³-hybridized carbons (Fsp3) is 0. The maximum atomic E-state index is 10.9. The highest BCUT2D eigenvalue weighted by molar-refractivity contribution is 5.87.